The predicted molar refractivity (Wildman–Crippen MR) is 209 cm³/mol. The smallest absolute Gasteiger partial charge is 0.269 e. The number of nitrogens with one attached hydrogen (secondary N) is 5. The van der Waals surface area contributed by atoms with Crippen molar-refractivity contribution < 1.29 is 39.6 Å². The Morgan fingerprint density at radius 3 is 1.42 bits per heavy atom. The first-order valence-corrected chi connectivity index (χ1v) is 18.7. The van der Waals surface area contributed by atoms with E-state index in [9.17, 15) is 39.6 Å². The molecule has 0 saturated carbocycles. The van der Waals surface area contributed by atoms with Gasteiger partial charge in [0, 0.05) is 76.3 Å². The summed E-state index contributed by atoms with van der Waals surface area (Å²) in [4.78, 5) is 60.2. The zero-order chi connectivity index (χ0) is 39.4. The summed E-state index contributed by atoms with van der Waals surface area (Å²) in [5.41, 5.74) is 1.74. The third-order valence-electron chi connectivity index (χ3n) is 7.67. The van der Waals surface area contributed by atoms with Crippen LogP contribution in [0.15, 0.2) is 36.9 Å². The Morgan fingerprint density at radius 1 is 0.604 bits per heavy atom. The van der Waals surface area contributed by atoms with E-state index in [2.05, 4.69) is 33.2 Å². The first-order valence-electron chi connectivity index (χ1n) is 17.9. The van der Waals surface area contributed by atoms with Crippen molar-refractivity contribution in [1.82, 2.24) is 31.1 Å². The highest BCUT2D eigenvalue weighted by molar-refractivity contribution is 7.80. The fraction of sp³-hybridized carbons (Fsp3) is 0.571. The second-order valence-electron chi connectivity index (χ2n) is 12.2. The lowest BCUT2D eigenvalue weighted by molar-refractivity contribution is -0.166. The van der Waals surface area contributed by atoms with Crippen molar-refractivity contribution in [2.45, 2.75) is 90.4 Å². The summed E-state index contributed by atoms with van der Waals surface area (Å²) in [6, 6.07) is 7.57. The van der Waals surface area contributed by atoms with Crippen LogP contribution in [0.3, 0.4) is 0 Å². The minimum atomic E-state index is -0.571. The van der Waals surface area contributed by atoms with Crippen LogP contribution >= 0.6 is 24.4 Å². The molecule has 0 heterocycles. The zero-order valence-electron chi connectivity index (χ0n) is 30.6. The summed E-state index contributed by atoms with van der Waals surface area (Å²) >= 11 is 10.4. The largest absolute Gasteiger partial charge is 0.362 e. The van der Waals surface area contributed by atoms with E-state index in [0.717, 1.165) is 30.3 Å². The lowest BCUT2D eigenvalue weighted by Crippen LogP contribution is -2.31. The molecular weight excluding hydrogens is 725 g/mol. The van der Waals surface area contributed by atoms with Gasteiger partial charge in [0.05, 0.1) is 4.99 Å². The number of hydrogen-bond acceptors (Lipinski definition) is 10. The van der Waals surface area contributed by atoms with Gasteiger partial charge in [0.1, 0.15) is 0 Å². The molecule has 0 aromatic heterocycles. The third-order valence-corrected chi connectivity index (χ3v) is 8.02. The highest BCUT2D eigenvalue weighted by Crippen LogP contribution is 2.13. The number of unbranched alkanes of at least 4 members (excludes halogenated alkanes) is 6. The summed E-state index contributed by atoms with van der Waals surface area (Å²) in [5.74, 6) is -2.29. The van der Waals surface area contributed by atoms with Gasteiger partial charge in [0.2, 0.25) is 23.6 Å². The second kappa shape index (κ2) is 28.3. The number of anilines is 2. The van der Waals surface area contributed by atoms with Crippen LogP contribution in [-0.4, -0.2) is 110 Å². The van der Waals surface area contributed by atoms with Crippen molar-refractivity contribution >= 4 is 75.4 Å². The number of nitrogens with zero attached hydrogens (tertiary/aromatic N) is 3. The molecule has 0 fully saturated rings. The minimum Gasteiger partial charge on any atom is -0.362 e. The van der Waals surface area contributed by atoms with E-state index < -0.39 is 17.7 Å². The van der Waals surface area contributed by atoms with Gasteiger partial charge < -0.3 is 26.6 Å². The van der Waals surface area contributed by atoms with E-state index in [0.29, 0.717) is 89.9 Å². The Hall–Kier alpha value is -4.23. The number of amides is 5. The van der Waals surface area contributed by atoms with Crippen LogP contribution in [0.5, 0.6) is 0 Å². The number of hydroxylamine groups is 6. The standard InChI is InChI=1S/C35H56N8O8S2/c1-3-32(46)41(49)24-10-4-7-21-36-30(44)17-19-33(47)42(50)25-11-5-8-22-37-31(45)18-20-34(48)43(51)26-12-6-9-23-38-35(53)40-29-15-13-28(14-16-29)39-27(2)52/h3,13-16,49-51H,1,4-12,17-26H2,2H3,(H,36,44)(H,37,45)(H,39,52)(H2,38,40,53). The maximum atomic E-state index is 12.2. The molecule has 0 saturated heterocycles. The lowest BCUT2D eigenvalue weighted by Gasteiger charge is -2.15. The van der Waals surface area contributed by atoms with Crippen LogP contribution in [0.25, 0.3) is 0 Å². The molecule has 1 rings (SSSR count). The molecule has 1 aromatic carbocycles. The first-order chi connectivity index (χ1) is 25.3. The second-order valence-corrected chi connectivity index (χ2v) is 13.2. The molecule has 0 radical (unpaired) electrons. The molecule has 18 heteroatoms. The topological polar surface area (TPSA) is 216 Å². The SMILES string of the molecule is C=CC(=O)N(O)CCCCCNC(=O)CCC(=O)N(O)CCCCCNC(=O)CCC(=O)N(O)CCCCCNC(=S)Nc1ccc(NC(C)=S)cc1. The molecule has 0 aliphatic carbocycles. The van der Waals surface area contributed by atoms with Gasteiger partial charge in [0.15, 0.2) is 5.11 Å². The van der Waals surface area contributed by atoms with E-state index in [-0.39, 0.29) is 57.1 Å². The monoisotopic (exact) mass is 780 g/mol. The van der Waals surface area contributed by atoms with Gasteiger partial charge >= 0.3 is 0 Å². The van der Waals surface area contributed by atoms with Crippen LogP contribution in [0.2, 0.25) is 0 Å². The van der Waals surface area contributed by atoms with E-state index in [4.69, 9.17) is 24.4 Å². The Morgan fingerprint density at radius 2 is 1.00 bits per heavy atom. The van der Waals surface area contributed by atoms with Crippen molar-refractivity contribution in [3.63, 3.8) is 0 Å². The van der Waals surface area contributed by atoms with E-state index >= 15 is 0 Å². The molecule has 0 atom stereocenters. The molecule has 16 nitrogen and oxygen atoms in total. The Labute approximate surface area is 322 Å². The number of carbonyl (C=O) groups excluding carboxylic acids is 5. The van der Waals surface area contributed by atoms with Crippen LogP contribution < -0.4 is 26.6 Å². The van der Waals surface area contributed by atoms with E-state index in [1.807, 2.05) is 31.2 Å². The maximum Gasteiger partial charge on any atom is 0.269 e. The molecular formula is C35H56N8O8S2. The van der Waals surface area contributed by atoms with E-state index in [1.165, 1.54) is 0 Å². The molecule has 53 heavy (non-hydrogen) atoms. The van der Waals surface area contributed by atoms with Crippen LogP contribution in [0.4, 0.5) is 11.4 Å². The Bertz CT molecular complexity index is 1340. The van der Waals surface area contributed by atoms with Gasteiger partial charge in [-0.15, -0.1) is 0 Å². The number of hydrogen-bond donors (Lipinski definition) is 8. The lowest BCUT2D eigenvalue weighted by atomic mass is 10.2. The molecule has 0 aliphatic rings. The van der Waals surface area contributed by atoms with Gasteiger partial charge in [0.25, 0.3) is 5.91 Å². The van der Waals surface area contributed by atoms with Crippen molar-refractivity contribution in [2.75, 3.05) is 49.9 Å². The molecule has 0 aliphatic heterocycles. The molecule has 296 valence electrons. The predicted octanol–water partition coefficient (Wildman–Crippen LogP) is 3.88. The fourth-order valence-electron chi connectivity index (χ4n) is 4.70. The fourth-order valence-corrected chi connectivity index (χ4v) is 5.04. The Balaban J connectivity index is 2.02. The quantitative estimate of drug-likeness (QED) is 0.0210. The average molecular weight is 781 g/mol. The van der Waals surface area contributed by atoms with Gasteiger partial charge in [-0.2, -0.15) is 0 Å². The van der Waals surface area contributed by atoms with Gasteiger partial charge in [-0.1, -0.05) is 18.8 Å². The van der Waals surface area contributed by atoms with E-state index in [1.54, 1.807) is 0 Å². The number of carbonyl (C=O) groups is 5. The summed E-state index contributed by atoms with van der Waals surface area (Å²) in [5, 5.41) is 46.4. The van der Waals surface area contributed by atoms with Crippen LogP contribution in [-0.2, 0) is 24.0 Å². The molecule has 0 unspecified atom stereocenters. The highest BCUT2D eigenvalue weighted by atomic mass is 32.1. The number of thiocarbonyl (C=S) groups is 2. The number of benzene rings is 1. The average Bonchev–Trinajstić information content (AvgIpc) is 3.13. The summed E-state index contributed by atoms with van der Waals surface area (Å²) < 4.78 is 0. The summed E-state index contributed by atoms with van der Waals surface area (Å²) in [6.45, 7) is 6.92. The van der Waals surface area contributed by atoms with Crippen molar-refractivity contribution in [1.29, 1.82) is 0 Å². The summed E-state index contributed by atoms with van der Waals surface area (Å²) in [6.07, 6.45) is 6.39. The van der Waals surface area contributed by atoms with Crippen molar-refractivity contribution in [2.24, 2.45) is 0 Å². The highest BCUT2D eigenvalue weighted by Gasteiger charge is 2.14. The molecule has 0 spiro atoms. The molecule has 0 bridgehead atoms. The van der Waals surface area contributed by atoms with Gasteiger partial charge in [-0.05, 0) is 107 Å². The van der Waals surface area contributed by atoms with Crippen molar-refractivity contribution in [3.8, 4) is 0 Å². The van der Waals surface area contributed by atoms with Crippen LogP contribution in [0, 0.1) is 0 Å². The minimum absolute atomic E-state index is 0.0528. The molecule has 5 amide bonds. The van der Waals surface area contributed by atoms with Gasteiger partial charge in [-0.3, -0.25) is 39.6 Å². The summed E-state index contributed by atoms with van der Waals surface area (Å²) in [7, 11) is 0. The first kappa shape index (κ1) is 46.8. The van der Waals surface area contributed by atoms with Gasteiger partial charge in [-0.25, -0.2) is 15.2 Å². The number of rotatable bonds is 27. The zero-order valence-corrected chi connectivity index (χ0v) is 32.2. The third kappa shape index (κ3) is 23.9. The molecule has 8 N–H and O–H groups in total. The maximum absolute atomic E-state index is 12.2. The molecule has 1 aromatic rings. The van der Waals surface area contributed by atoms with Crippen LogP contribution in [0.1, 0.15) is 90.4 Å². The normalized spacial score (nSPS) is 10.4. The van der Waals surface area contributed by atoms with Crippen molar-refractivity contribution in [3.05, 3.63) is 36.9 Å². The Kier molecular flexibility index (Phi) is 25.0.